The highest BCUT2D eigenvalue weighted by molar-refractivity contribution is 8.00. The van der Waals surface area contributed by atoms with Gasteiger partial charge in [0.2, 0.25) is 0 Å². The molecule has 0 aromatic rings. The average molecular weight is 316 g/mol. The smallest absolute Gasteiger partial charge is 0.327 e. The number of nitrogens with zero attached hydrogens (tertiary/aromatic N) is 1. The lowest BCUT2D eigenvalue weighted by Gasteiger charge is -2.41. The van der Waals surface area contributed by atoms with E-state index in [-0.39, 0.29) is 22.9 Å². The van der Waals surface area contributed by atoms with E-state index in [1.54, 1.807) is 7.11 Å². The third-order valence-electron chi connectivity index (χ3n) is 4.38. The van der Waals surface area contributed by atoms with Crippen molar-refractivity contribution in [1.29, 1.82) is 0 Å². The number of urea groups is 1. The zero-order valence-electron chi connectivity index (χ0n) is 12.8. The van der Waals surface area contributed by atoms with Crippen molar-refractivity contribution in [3.05, 3.63) is 0 Å². The molecule has 6 nitrogen and oxygen atoms in total. The highest BCUT2D eigenvalue weighted by atomic mass is 32.2. The number of carbonyl (C=O) groups excluding carboxylic acids is 1. The number of methoxy groups -OCH3 is 1. The molecule has 0 aromatic carbocycles. The Balaban J connectivity index is 2.01. The Morgan fingerprint density at radius 3 is 2.57 bits per heavy atom. The van der Waals surface area contributed by atoms with Crippen LogP contribution in [-0.2, 0) is 9.53 Å². The number of carbonyl (C=O) groups is 2. The maximum Gasteiger partial charge on any atom is 0.327 e. The van der Waals surface area contributed by atoms with Crippen molar-refractivity contribution in [2.75, 3.05) is 19.4 Å². The molecular weight excluding hydrogens is 292 g/mol. The number of rotatable bonds is 5. The molecule has 0 radical (unpaired) electrons. The standard InChI is InChI=1S/C14H24N2O4S/c1-9(2)11-16(10(7-21-11)12(17)18)13(19)15-8-14(20-3)5-4-6-14/h9-11H,4-8H2,1-3H3,(H,15,19)(H,17,18). The Bertz CT molecular complexity index is 406. The fourth-order valence-electron chi connectivity index (χ4n) is 2.84. The van der Waals surface area contributed by atoms with E-state index in [2.05, 4.69) is 5.32 Å². The predicted octanol–water partition coefficient (Wildman–Crippen LogP) is 1.75. The normalized spacial score (nSPS) is 27.5. The van der Waals surface area contributed by atoms with E-state index in [4.69, 9.17) is 4.74 Å². The number of hydrogen-bond acceptors (Lipinski definition) is 4. The van der Waals surface area contributed by atoms with Crippen molar-refractivity contribution >= 4 is 23.8 Å². The van der Waals surface area contributed by atoms with Crippen molar-refractivity contribution in [2.24, 2.45) is 5.92 Å². The number of ether oxygens (including phenoxy) is 1. The second-order valence-corrected chi connectivity index (χ2v) is 7.28. The van der Waals surface area contributed by atoms with Crippen LogP contribution in [0, 0.1) is 5.92 Å². The number of hydrogen-bond donors (Lipinski definition) is 2. The van der Waals surface area contributed by atoms with Crippen LogP contribution in [0.1, 0.15) is 33.1 Å². The fourth-order valence-corrected chi connectivity index (χ4v) is 4.31. The van der Waals surface area contributed by atoms with E-state index in [1.165, 1.54) is 16.7 Å². The number of aliphatic carboxylic acids is 1. The number of nitrogens with one attached hydrogen (secondary N) is 1. The number of carboxylic acids is 1. The molecule has 0 aromatic heterocycles. The van der Waals surface area contributed by atoms with Crippen LogP contribution in [0.2, 0.25) is 0 Å². The minimum absolute atomic E-state index is 0.0917. The maximum absolute atomic E-state index is 12.5. The lowest BCUT2D eigenvalue weighted by atomic mass is 9.80. The Morgan fingerprint density at radius 2 is 2.14 bits per heavy atom. The zero-order valence-corrected chi connectivity index (χ0v) is 13.6. The fraction of sp³-hybridized carbons (Fsp3) is 0.857. The summed E-state index contributed by atoms with van der Waals surface area (Å²) < 4.78 is 5.48. The molecule has 2 atom stereocenters. The van der Waals surface area contributed by atoms with Crippen LogP contribution in [0.5, 0.6) is 0 Å². The molecule has 0 bridgehead atoms. The lowest BCUT2D eigenvalue weighted by molar-refractivity contribution is -0.141. The van der Waals surface area contributed by atoms with E-state index >= 15 is 0 Å². The Hall–Kier alpha value is -0.950. The molecule has 1 aliphatic carbocycles. The summed E-state index contributed by atoms with van der Waals surface area (Å²) in [6, 6.07) is -1.04. The van der Waals surface area contributed by atoms with Crippen molar-refractivity contribution < 1.29 is 19.4 Å². The molecule has 2 N–H and O–H groups in total. The average Bonchev–Trinajstić information content (AvgIpc) is 2.82. The first-order valence-electron chi connectivity index (χ1n) is 7.36. The van der Waals surface area contributed by atoms with Gasteiger partial charge in [-0.2, -0.15) is 0 Å². The molecule has 2 aliphatic rings. The first-order chi connectivity index (χ1) is 9.90. The summed E-state index contributed by atoms with van der Waals surface area (Å²) in [6.07, 6.45) is 2.98. The molecule has 2 amide bonds. The summed E-state index contributed by atoms with van der Waals surface area (Å²) in [5, 5.41) is 12.1. The van der Waals surface area contributed by atoms with Crippen molar-refractivity contribution in [3.63, 3.8) is 0 Å². The summed E-state index contributed by atoms with van der Waals surface area (Å²) in [5.41, 5.74) is -0.255. The van der Waals surface area contributed by atoms with Crippen LogP contribution in [0.4, 0.5) is 4.79 Å². The van der Waals surface area contributed by atoms with E-state index < -0.39 is 12.0 Å². The van der Waals surface area contributed by atoms with Crippen LogP contribution >= 0.6 is 11.8 Å². The summed E-state index contributed by atoms with van der Waals surface area (Å²) in [7, 11) is 1.66. The molecule has 1 heterocycles. The van der Waals surface area contributed by atoms with Crippen LogP contribution in [0.15, 0.2) is 0 Å². The van der Waals surface area contributed by atoms with Gasteiger partial charge < -0.3 is 15.2 Å². The van der Waals surface area contributed by atoms with Crippen LogP contribution in [0.25, 0.3) is 0 Å². The highest BCUT2D eigenvalue weighted by Gasteiger charge is 2.44. The Labute approximate surface area is 129 Å². The summed E-state index contributed by atoms with van der Waals surface area (Å²) >= 11 is 1.54. The quantitative estimate of drug-likeness (QED) is 0.808. The van der Waals surface area contributed by atoms with Gasteiger partial charge in [-0.25, -0.2) is 9.59 Å². The van der Waals surface area contributed by atoms with Gasteiger partial charge in [-0.15, -0.1) is 11.8 Å². The summed E-state index contributed by atoms with van der Waals surface area (Å²) in [5.74, 6) is -0.280. The number of thioether (sulfide) groups is 1. The predicted molar refractivity (Wildman–Crippen MR) is 81.3 cm³/mol. The molecule has 7 heteroatoms. The van der Waals surface area contributed by atoms with Gasteiger partial charge in [0.1, 0.15) is 6.04 Å². The summed E-state index contributed by atoms with van der Waals surface area (Å²) in [4.78, 5) is 25.3. The Kier molecular flexibility index (Phi) is 5.03. The van der Waals surface area contributed by atoms with Crippen molar-refractivity contribution in [2.45, 2.75) is 50.1 Å². The first kappa shape index (κ1) is 16.4. The van der Waals surface area contributed by atoms with E-state index in [0.29, 0.717) is 12.3 Å². The van der Waals surface area contributed by atoms with E-state index in [1.807, 2.05) is 13.8 Å². The van der Waals surface area contributed by atoms with E-state index in [9.17, 15) is 14.7 Å². The van der Waals surface area contributed by atoms with Gasteiger partial charge in [0, 0.05) is 19.4 Å². The molecule has 0 spiro atoms. The second-order valence-electron chi connectivity index (χ2n) is 6.13. The molecule has 120 valence electrons. The zero-order chi connectivity index (χ0) is 15.6. The molecule has 1 aliphatic heterocycles. The molecule has 2 rings (SSSR count). The molecule has 21 heavy (non-hydrogen) atoms. The molecular formula is C14H24N2O4S. The molecule has 2 fully saturated rings. The molecule has 1 saturated carbocycles. The lowest BCUT2D eigenvalue weighted by Crippen LogP contribution is -2.56. The van der Waals surface area contributed by atoms with Gasteiger partial charge in [-0.05, 0) is 25.2 Å². The third kappa shape index (κ3) is 3.29. The Morgan fingerprint density at radius 1 is 1.48 bits per heavy atom. The minimum atomic E-state index is -0.939. The van der Waals surface area contributed by atoms with Crippen LogP contribution in [0.3, 0.4) is 0 Å². The van der Waals surface area contributed by atoms with Crippen LogP contribution < -0.4 is 5.32 Å². The highest BCUT2D eigenvalue weighted by Crippen LogP contribution is 2.36. The van der Waals surface area contributed by atoms with Crippen molar-refractivity contribution in [1.82, 2.24) is 10.2 Å². The molecule has 2 unspecified atom stereocenters. The van der Waals surface area contributed by atoms with Gasteiger partial charge in [0.25, 0.3) is 0 Å². The van der Waals surface area contributed by atoms with E-state index in [0.717, 1.165) is 19.3 Å². The third-order valence-corrected chi connectivity index (χ3v) is 6.01. The topological polar surface area (TPSA) is 78.9 Å². The summed E-state index contributed by atoms with van der Waals surface area (Å²) in [6.45, 7) is 4.45. The number of carboxylic acid groups (broad SMARTS) is 1. The second kappa shape index (κ2) is 6.44. The van der Waals surface area contributed by atoms with Gasteiger partial charge in [-0.3, -0.25) is 4.90 Å². The minimum Gasteiger partial charge on any atom is -0.480 e. The number of amides is 2. The van der Waals surface area contributed by atoms with Gasteiger partial charge >= 0.3 is 12.0 Å². The first-order valence-corrected chi connectivity index (χ1v) is 8.41. The van der Waals surface area contributed by atoms with Gasteiger partial charge in [0.15, 0.2) is 0 Å². The van der Waals surface area contributed by atoms with Gasteiger partial charge in [0.05, 0.1) is 11.0 Å². The van der Waals surface area contributed by atoms with Crippen molar-refractivity contribution in [3.8, 4) is 0 Å². The largest absolute Gasteiger partial charge is 0.480 e. The van der Waals surface area contributed by atoms with Gasteiger partial charge in [-0.1, -0.05) is 13.8 Å². The monoisotopic (exact) mass is 316 g/mol. The maximum atomic E-state index is 12.5. The van der Waals surface area contributed by atoms with Crippen LogP contribution in [-0.4, -0.2) is 58.4 Å². The molecule has 1 saturated heterocycles. The SMILES string of the molecule is COC1(CNC(=O)N2C(C(=O)O)CSC2C(C)C)CCC1.